The fourth-order valence-electron chi connectivity index (χ4n) is 3.55. The molecule has 5 aromatic rings. The molecule has 0 aliphatic heterocycles. The molecule has 0 aliphatic carbocycles. The Bertz CT molecular complexity index is 1690. The summed E-state index contributed by atoms with van der Waals surface area (Å²) in [5.41, 5.74) is 0.868. The summed E-state index contributed by atoms with van der Waals surface area (Å²) in [5.74, 6) is -1.89. The minimum Gasteiger partial charge on any atom is -0.488 e. The molecule has 0 aliphatic rings. The van der Waals surface area contributed by atoms with Gasteiger partial charge in [-0.3, -0.25) is 14.9 Å². The van der Waals surface area contributed by atoms with Gasteiger partial charge in [0.25, 0.3) is 5.91 Å². The SMILES string of the molecule is O=C(Nc1nc(-c2ccc(F)c(OCCO)c2)nc2c1cnn2-c1cccc(F)c1)c1ccc([N+](=O)[O-])s1. The second kappa shape index (κ2) is 10.3. The zero-order valence-electron chi connectivity index (χ0n) is 19.2. The lowest BCUT2D eigenvalue weighted by Crippen LogP contribution is -2.13. The molecule has 11 nitrogen and oxygen atoms in total. The first-order chi connectivity index (χ1) is 18.3. The normalized spacial score (nSPS) is 11.0. The van der Waals surface area contributed by atoms with Gasteiger partial charge in [-0.2, -0.15) is 5.10 Å². The van der Waals surface area contributed by atoms with Gasteiger partial charge in [-0.25, -0.2) is 23.4 Å². The van der Waals surface area contributed by atoms with Gasteiger partial charge in [0.05, 0.1) is 33.7 Å². The molecule has 5 rings (SSSR count). The van der Waals surface area contributed by atoms with Crippen molar-refractivity contribution in [3.8, 4) is 22.8 Å². The fraction of sp³-hybridized carbons (Fsp3) is 0.0833. The van der Waals surface area contributed by atoms with Crippen LogP contribution < -0.4 is 10.1 Å². The first-order valence-electron chi connectivity index (χ1n) is 10.9. The first-order valence-corrected chi connectivity index (χ1v) is 11.8. The first kappa shape index (κ1) is 24.9. The largest absolute Gasteiger partial charge is 0.488 e. The van der Waals surface area contributed by atoms with Crippen molar-refractivity contribution in [2.45, 2.75) is 0 Å². The Balaban J connectivity index is 1.63. The molecular formula is C24H16F2N6O5S. The van der Waals surface area contributed by atoms with Crippen molar-refractivity contribution in [3.63, 3.8) is 0 Å². The quantitative estimate of drug-likeness (QED) is 0.219. The van der Waals surface area contributed by atoms with E-state index in [0.717, 1.165) is 6.07 Å². The summed E-state index contributed by atoms with van der Waals surface area (Å²) < 4.78 is 34.8. The van der Waals surface area contributed by atoms with E-state index in [1.165, 1.54) is 53.3 Å². The van der Waals surface area contributed by atoms with Gasteiger partial charge in [0, 0.05) is 11.6 Å². The number of halogens is 2. The third-order valence-electron chi connectivity index (χ3n) is 5.25. The number of thiophene rings is 1. The molecule has 1 amide bonds. The molecule has 0 saturated heterocycles. The number of nitro groups is 1. The van der Waals surface area contributed by atoms with Gasteiger partial charge in [0.2, 0.25) is 0 Å². The van der Waals surface area contributed by atoms with Crippen LogP contribution in [0.15, 0.2) is 60.8 Å². The number of rotatable bonds is 8. The maximum Gasteiger partial charge on any atom is 0.324 e. The Morgan fingerprint density at radius 2 is 2.00 bits per heavy atom. The van der Waals surface area contributed by atoms with E-state index >= 15 is 0 Å². The maximum atomic E-state index is 14.2. The Kier molecular flexibility index (Phi) is 6.72. The summed E-state index contributed by atoms with van der Waals surface area (Å²) in [7, 11) is 0. The average Bonchev–Trinajstić information content (AvgIpc) is 3.56. The molecule has 0 radical (unpaired) electrons. The standard InChI is InChI=1S/C24H16F2N6O5S/c25-14-2-1-3-15(11-14)31-23-16(12-27-31)22(30-24(34)19-6-7-20(38-19)32(35)36)28-21(29-23)13-4-5-17(26)18(10-13)37-9-8-33/h1-7,10-12,33H,8-9H2,(H,28,29,30,34). The lowest BCUT2D eigenvalue weighted by atomic mass is 10.2. The van der Waals surface area contributed by atoms with E-state index in [4.69, 9.17) is 9.84 Å². The van der Waals surface area contributed by atoms with Gasteiger partial charge in [-0.15, -0.1) is 0 Å². The Labute approximate surface area is 216 Å². The monoisotopic (exact) mass is 538 g/mol. The number of anilines is 1. The minimum absolute atomic E-state index is 0.0239. The van der Waals surface area contributed by atoms with Gasteiger partial charge in [0.1, 0.15) is 18.2 Å². The highest BCUT2D eigenvalue weighted by atomic mass is 32.1. The van der Waals surface area contributed by atoms with Crippen molar-refractivity contribution in [1.82, 2.24) is 19.7 Å². The molecule has 0 fully saturated rings. The van der Waals surface area contributed by atoms with Gasteiger partial charge >= 0.3 is 5.00 Å². The number of carbonyl (C=O) groups excluding carboxylic acids is 1. The highest BCUT2D eigenvalue weighted by Gasteiger charge is 2.21. The highest BCUT2D eigenvalue weighted by molar-refractivity contribution is 7.17. The summed E-state index contributed by atoms with van der Waals surface area (Å²) in [5, 5.41) is 27.1. The van der Waals surface area contributed by atoms with E-state index in [1.807, 2.05) is 0 Å². The van der Waals surface area contributed by atoms with E-state index in [2.05, 4.69) is 20.4 Å². The van der Waals surface area contributed by atoms with Gasteiger partial charge in [-0.1, -0.05) is 17.4 Å². The van der Waals surface area contributed by atoms with Gasteiger partial charge in [-0.05, 0) is 42.5 Å². The molecule has 3 aromatic heterocycles. The number of hydrogen-bond donors (Lipinski definition) is 2. The van der Waals surface area contributed by atoms with Crippen LogP contribution in [0.3, 0.4) is 0 Å². The molecule has 2 aromatic carbocycles. The van der Waals surface area contributed by atoms with Crippen LogP contribution in [0.2, 0.25) is 0 Å². The van der Waals surface area contributed by atoms with Crippen molar-refractivity contribution in [3.05, 3.63) is 87.4 Å². The number of amides is 1. The molecule has 192 valence electrons. The van der Waals surface area contributed by atoms with Crippen LogP contribution in [-0.2, 0) is 0 Å². The number of ether oxygens (including phenoxy) is 1. The second-order valence-electron chi connectivity index (χ2n) is 7.74. The smallest absolute Gasteiger partial charge is 0.324 e. The lowest BCUT2D eigenvalue weighted by molar-refractivity contribution is -0.380. The lowest BCUT2D eigenvalue weighted by Gasteiger charge is -2.11. The van der Waals surface area contributed by atoms with E-state index in [9.17, 15) is 23.7 Å². The summed E-state index contributed by atoms with van der Waals surface area (Å²) in [4.78, 5) is 32.4. The van der Waals surface area contributed by atoms with Crippen LogP contribution >= 0.6 is 11.3 Å². The molecule has 0 unspecified atom stereocenters. The maximum absolute atomic E-state index is 14.2. The Morgan fingerprint density at radius 3 is 2.74 bits per heavy atom. The fourth-order valence-corrected chi connectivity index (χ4v) is 4.27. The van der Waals surface area contributed by atoms with E-state index in [0.29, 0.717) is 28.0 Å². The molecule has 14 heteroatoms. The zero-order valence-corrected chi connectivity index (χ0v) is 20.0. The van der Waals surface area contributed by atoms with Crippen LogP contribution in [0.4, 0.5) is 19.6 Å². The number of benzene rings is 2. The number of fused-ring (bicyclic) bond motifs is 1. The molecule has 0 saturated carbocycles. The Hall–Kier alpha value is -4.82. The van der Waals surface area contributed by atoms with Crippen molar-refractivity contribution in [1.29, 1.82) is 0 Å². The number of nitrogens with zero attached hydrogens (tertiary/aromatic N) is 5. The van der Waals surface area contributed by atoms with E-state index in [1.54, 1.807) is 6.07 Å². The summed E-state index contributed by atoms with van der Waals surface area (Å²) >= 11 is 0.693. The predicted molar refractivity (Wildman–Crippen MR) is 134 cm³/mol. The topological polar surface area (TPSA) is 145 Å². The van der Waals surface area contributed by atoms with Crippen molar-refractivity contribution in [2.24, 2.45) is 0 Å². The van der Waals surface area contributed by atoms with Crippen LogP contribution in [-0.4, -0.2) is 48.9 Å². The number of aliphatic hydroxyl groups is 1. The highest BCUT2D eigenvalue weighted by Crippen LogP contribution is 2.31. The Morgan fingerprint density at radius 1 is 1.16 bits per heavy atom. The number of hydrogen-bond acceptors (Lipinski definition) is 9. The third-order valence-corrected chi connectivity index (χ3v) is 6.28. The van der Waals surface area contributed by atoms with Gasteiger partial charge in [0.15, 0.2) is 23.0 Å². The van der Waals surface area contributed by atoms with E-state index < -0.39 is 22.5 Å². The minimum atomic E-state index is -0.666. The molecule has 0 bridgehead atoms. The summed E-state index contributed by atoms with van der Waals surface area (Å²) in [6.45, 7) is -0.461. The molecule has 0 atom stereocenters. The molecule has 2 N–H and O–H groups in total. The average molecular weight is 538 g/mol. The van der Waals surface area contributed by atoms with Crippen LogP contribution in [0.25, 0.3) is 28.1 Å². The second-order valence-corrected chi connectivity index (χ2v) is 8.80. The van der Waals surface area contributed by atoms with Gasteiger partial charge < -0.3 is 15.2 Å². The molecule has 3 heterocycles. The van der Waals surface area contributed by atoms with Crippen molar-refractivity contribution >= 4 is 39.1 Å². The number of carbonyl (C=O) groups is 1. The van der Waals surface area contributed by atoms with Crippen LogP contribution in [0.5, 0.6) is 5.75 Å². The number of aliphatic hydroxyl groups excluding tert-OH is 1. The number of nitrogens with one attached hydrogen (secondary N) is 1. The summed E-state index contributed by atoms with van der Waals surface area (Å²) in [6, 6.07) is 12.0. The molecular weight excluding hydrogens is 522 g/mol. The predicted octanol–water partition coefficient (Wildman–Crippen LogP) is 4.35. The van der Waals surface area contributed by atoms with Crippen molar-refractivity contribution in [2.75, 3.05) is 18.5 Å². The van der Waals surface area contributed by atoms with E-state index in [-0.39, 0.29) is 46.1 Å². The molecule has 0 spiro atoms. The van der Waals surface area contributed by atoms with Crippen molar-refractivity contribution < 1.29 is 28.3 Å². The third kappa shape index (κ3) is 4.89. The van der Waals surface area contributed by atoms with Crippen LogP contribution in [0.1, 0.15) is 9.67 Å². The number of aromatic nitrogens is 4. The van der Waals surface area contributed by atoms with Crippen LogP contribution in [0, 0.1) is 21.7 Å². The summed E-state index contributed by atoms with van der Waals surface area (Å²) in [6.07, 6.45) is 1.39. The zero-order chi connectivity index (χ0) is 26.8. The molecule has 38 heavy (non-hydrogen) atoms.